The molecule has 170 valence electrons. The van der Waals surface area contributed by atoms with E-state index in [0.29, 0.717) is 48.0 Å². The van der Waals surface area contributed by atoms with Gasteiger partial charge in [-0.25, -0.2) is 8.42 Å². The minimum absolute atomic E-state index is 0.0710. The topological polar surface area (TPSA) is 127 Å². The van der Waals surface area contributed by atoms with Crippen LogP contribution in [0.5, 0.6) is 11.5 Å². The maximum Gasteiger partial charge on any atom is 0.276 e. The Morgan fingerprint density at radius 1 is 1.19 bits per heavy atom. The quantitative estimate of drug-likeness (QED) is 0.555. The Kier molecular flexibility index (Phi) is 6.19. The minimum atomic E-state index is -3.88. The number of amides is 1. The van der Waals surface area contributed by atoms with Gasteiger partial charge in [0.05, 0.1) is 20.1 Å². The van der Waals surface area contributed by atoms with Crippen molar-refractivity contribution in [2.24, 2.45) is 5.92 Å². The first-order valence-electron chi connectivity index (χ1n) is 10.0. The fourth-order valence-electron chi connectivity index (χ4n) is 3.66. The van der Waals surface area contributed by atoms with Crippen molar-refractivity contribution in [2.45, 2.75) is 17.9 Å². The van der Waals surface area contributed by atoms with Gasteiger partial charge in [0.1, 0.15) is 5.69 Å². The fourth-order valence-corrected chi connectivity index (χ4v) is 5.09. The predicted octanol–water partition coefficient (Wildman–Crippen LogP) is 2.73. The van der Waals surface area contributed by atoms with Crippen LogP contribution in [0.4, 0.5) is 5.69 Å². The van der Waals surface area contributed by atoms with Crippen molar-refractivity contribution >= 4 is 21.6 Å². The van der Waals surface area contributed by atoms with Gasteiger partial charge in [-0.3, -0.25) is 9.89 Å². The molecule has 32 heavy (non-hydrogen) atoms. The summed E-state index contributed by atoms with van der Waals surface area (Å²) in [7, 11) is -0.830. The van der Waals surface area contributed by atoms with Crippen LogP contribution >= 0.6 is 0 Å². The van der Waals surface area contributed by atoms with Crippen LogP contribution in [-0.4, -0.2) is 56.1 Å². The van der Waals surface area contributed by atoms with E-state index in [1.54, 1.807) is 36.5 Å². The van der Waals surface area contributed by atoms with E-state index in [1.165, 1.54) is 24.6 Å². The number of furan rings is 1. The number of sulfonamides is 1. The van der Waals surface area contributed by atoms with Gasteiger partial charge in [0.2, 0.25) is 11.0 Å². The van der Waals surface area contributed by atoms with Gasteiger partial charge in [-0.15, -0.1) is 0 Å². The molecule has 1 aliphatic rings. The standard InChI is InChI=1S/C21H24N4O6S/c1-29-18-6-5-15(12-19(18)30-2)23-21(26)14-4-3-11-25(13-14)32(27,28)20-8-7-17(31-20)16-9-10-22-24-16/h5-10,12,14H,3-4,11,13H2,1-2H3,(H,22,24)(H,23,26). The molecule has 4 rings (SSSR count). The van der Waals surface area contributed by atoms with E-state index in [0.717, 1.165) is 0 Å². The van der Waals surface area contributed by atoms with Crippen LogP contribution < -0.4 is 14.8 Å². The molecule has 0 radical (unpaired) electrons. The molecule has 0 spiro atoms. The SMILES string of the molecule is COc1ccc(NC(=O)C2CCCN(S(=O)(=O)c3ccc(-c4ccn[nH]4)o3)C2)cc1OC. The van der Waals surface area contributed by atoms with Crippen LogP contribution in [0.2, 0.25) is 0 Å². The molecule has 2 N–H and O–H groups in total. The number of hydrogen-bond acceptors (Lipinski definition) is 7. The Morgan fingerprint density at radius 2 is 2.00 bits per heavy atom. The molecule has 10 nitrogen and oxygen atoms in total. The summed E-state index contributed by atoms with van der Waals surface area (Å²) in [5, 5.41) is 9.25. The maximum absolute atomic E-state index is 13.1. The Morgan fingerprint density at radius 3 is 2.72 bits per heavy atom. The van der Waals surface area contributed by atoms with Crippen molar-refractivity contribution in [2.75, 3.05) is 32.6 Å². The summed E-state index contributed by atoms with van der Waals surface area (Å²) in [6, 6.07) is 9.74. The first kappa shape index (κ1) is 21.9. The fraction of sp³-hybridized carbons (Fsp3) is 0.333. The molecule has 3 heterocycles. The summed E-state index contributed by atoms with van der Waals surface area (Å²) in [6.07, 6.45) is 2.71. The lowest BCUT2D eigenvalue weighted by Gasteiger charge is -2.30. The molecule has 3 aromatic rings. The molecule has 1 saturated heterocycles. The van der Waals surface area contributed by atoms with E-state index in [9.17, 15) is 13.2 Å². The molecule has 1 unspecified atom stereocenters. The van der Waals surface area contributed by atoms with E-state index in [-0.39, 0.29) is 17.5 Å². The zero-order chi connectivity index (χ0) is 22.7. The van der Waals surface area contributed by atoms with E-state index in [2.05, 4.69) is 15.5 Å². The van der Waals surface area contributed by atoms with Crippen LogP contribution in [0, 0.1) is 5.92 Å². The van der Waals surface area contributed by atoms with Crippen LogP contribution in [0.3, 0.4) is 0 Å². The number of piperidine rings is 1. The highest BCUT2D eigenvalue weighted by Crippen LogP contribution is 2.31. The zero-order valence-electron chi connectivity index (χ0n) is 17.7. The monoisotopic (exact) mass is 460 g/mol. The Labute approximate surface area is 185 Å². The molecule has 1 aromatic carbocycles. The van der Waals surface area contributed by atoms with Gasteiger partial charge < -0.3 is 19.2 Å². The summed E-state index contributed by atoms with van der Waals surface area (Å²) in [4.78, 5) is 12.9. The number of hydrogen-bond donors (Lipinski definition) is 2. The number of carbonyl (C=O) groups excluding carboxylic acids is 1. The number of aromatic amines is 1. The molecule has 0 bridgehead atoms. The number of aromatic nitrogens is 2. The molecular weight excluding hydrogens is 436 g/mol. The van der Waals surface area contributed by atoms with E-state index < -0.39 is 15.9 Å². The second-order valence-corrected chi connectivity index (χ2v) is 9.22. The molecule has 1 fully saturated rings. The molecule has 2 aromatic heterocycles. The number of rotatable bonds is 7. The van der Waals surface area contributed by atoms with Crippen LogP contribution in [0.25, 0.3) is 11.5 Å². The van der Waals surface area contributed by atoms with Crippen molar-refractivity contribution in [3.05, 3.63) is 42.6 Å². The lowest BCUT2D eigenvalue weighted by atomic mass is 9.98. The number of methoxy groups -OCH3 is 2. The summed E-state index contributed by atoms with van der Waals surface area (Å²) >= 11 is 0. The zero-order valence-corrected chi connectivity index (χ0v) is 18.5. The van der Waals surface area contributed by atoms with Crippen LogP contribution in [0.1, 0.15) is 12.8 Å². The van der Waals surface area contributed by atoms with Crippen molar-refractivity contribution < 1.29 is 27.1 Å². The largest absolute Gasteiger partial charge is 0.493 e. The molecule has 1 atom stereocenters. The summed E-state index contributed by atoms with van der Waals surface area (Å²) in [6.45, 7) is 0.393. The van der Waals surface area contributed by atoms with Gasteiger partial charge in [-0.2, -0.15) is 9.40 Å². The normalized spacial score (nSPS) is 17.1. The summed E-state index contributed by atoms with van der Waals surface area (Å²) < 4.78 is 43.5. The second kappa shape index (κ2) is 9.05. The lowest BCUT2D eigenvalue weighted by molar-refractivity contribution is -0.120. The number of carbonyl (C=O) groups is 1. The van der Waals surface area contributed by atoms with Crippen molar-refractivity contribution in [1.29, 1.82) is 0 Å². The van der Waals surface area contributed by atoms with Crippen LogP contribution in [-0.2, 0) is 14.8 Å². The highest BCUT2D eigenvalue weighted by Gasteiger charge is 2.35. The number of benzene rings is 1. The average molecular weight is 461 g/mol. The second-order valence-electron chi connectivity index (χ2n) is 7.35. The van der Waals surface area contributed by atoms with Gasteiger partial charge in [-0.1, -0.05) is 0 Å². The smallest absolute Gasteiger partial charge is 0.276 e. The number of nitrogens with zero attached hydrogens (tertiary/aromatic N) is 2. The first-order chi connectivity index (χ1) is 15.4. The summed E-state index contributed by atoms with van der Waals surface area (Å²) in [5.41, 5.74) is 1.13. The van der Waals surface area contributed by atoms with E-state index >= 15 is 0 Å². The Hall–Kier alpha value is -3.31. The Balaban J connectivity index is 1.46. The first-order valence-corrected chi connectivity index (χ1v) is 11.5. The van der Waals surface area contributed by atoms with Crippen LogP contribution in [0.15, 0.2) is 52.1 Å². The lowest BCUT2D eigenvalue weighted by Crippen LogP contribution is -2.43. The van der Waals surface area contributed by atoms with Gasteiger partial charge >= 0.3 is 0 Å². The molecule has 0 saturated carbocycles. The number of nitrogens with one attached hydrogen (secondary N) is 2. The third-order valence-electron chi connectivity index (χ3n) is 5.35. The highest BCUT2D eigenvalue weighted by molar-refractivity contribution is 7.89. The van der Waals surface area contributed by atoms with E-state index in [4.69, 9.17) is 13.9 Å². The number of ether oxygens (including phenoxy) is 2. The predicted molar refractivity (Wildman–Crippen MR) is 116 cm³/mol. The molecular formula is C21H24N4O6S. The van der Waals surface area contributed by atoms with Gasteiger partial charge in [0.15, 0.2) is 17.3 Å². The van der Waals surface area contributed by atoms with Gasteiger partial charge in [0, 0.05) is 31.0 Å². The van der Waals surface area contributed by atoms with Crippen molar-refractivity contribution in [3.63, 3.8) is 0 Å². The molecule has 1 aliphatic heterocycles. The molecule has 1 amide bonds. The maximum atomic E-state index is 13.1. The number of H-pyrrole nitrogens is 1. The van der Waals surface area contributed by atoms with Gasteiger partial charge in [0.25, 0.3) is 10.0 Å². The van der Waals surface area contributed by atoms with Gasteiger partial charge in [-0.05, 0) is 43.2 Å². The van der Waals surface area contributed by atoms with Crippen molar-refractivity contribution in [1.82, 2.24) is 14.5 Å². The van der Waals surface area contributed by atoms with E-state index in [1.807, 2.05) is 0 Å². The molecule has 11 heteroatoms. The average Bonchev–Trinajstić information content (AvgIpc) is 3.51. The third kappa shape index (κ3) is 4.34. The third-order valence-corrected chi connectivity index (χ3v) is 7.09. The highest BCUT2D eigenvalue weighted by atomic mass is 32.2. The number of anilines is 1. The summed E-state index contributed by atoms with van der Waals surface area (Å²) in [5.74, 6) is 0.668. The minimum Gasteiger partial charge on any atom is -0.493 e. The molecule has 0 aliphatic carbocycles. The van der Waals surface area contributed by atoms with Crippen molar-refractivity contribution in [3.8, 4) is 23.0 Å². The Bertz CT molecular complexity index is 1190.